The molecule has 370 valence electrons. The van der Waals surface area contributed by atoms with Gasteiger partial charge in [-0.1, -0.05) is 57.2 Å². The number of carbonyl (C=O) groups is 1. The number of methoxy groups -OCH3 is 6. The van der Waals surface area contributed by atoms with Crippen molar-refractivity contribution in [3.63, 3.8) is 0 Å². The number of rotatable bonds is 31. The molecule has 2 aromatic rings. The van der Waals surface area contributed by atoms with E-state index in [0.29, 0.717) is 51.8 Å². The first kappa shape index (κ1) is 59.2. The van der Waals surface area contributed by atoms with Gasteiger partial charge in [0.2, 0.25) is 0 Å². The van der Waals surface area contributed by atoms with Gasteiger partial charge in [0.05, 0.1) is 65.6 Å². The van der Waals surface area contributed by atoms with Gasteiger partial charge in [-0.25, -0.2) is 4.79 Å². The van der Waals surface area contributed by atoms with E-state index in [0.717, 1.165) is 41.9 Å². The lowest BCUT2D eigenvalue weighted by Gasteiger charge is -2.29. The largest absolute Gasteiger partial charge is 0.497 e. The third-order valence-electron chi connectivity index (χ3n) is 10.2. The Bertz CT molecular complexity index is 1550. The monoisotopic (exact) mass is 923 g/mol. The van der Waals surface area contributed by atoms with Crippen LogP contribution in [0.15, 0.2) is 60.7 Å². The number of carbonyl (C=O) groups excluding carboxylic acids is 3. The highest BCUT2D eigenvalue weighted by Crippen LogP contribution is 2.34. The highest BCUT2D eigenvalue weighted by atomic mass is 16.8. The molecule has 1 saturated heterocycles. The number of allylic oxidation sites excluding steroid dienone is 2. The maximum absolute atomic E-state index is 12.4. The fourth-order valence-electron chi connectivity index (χ4n) is 6.97. The molecule has 3 rings (SSSR count). The van der Waals surface area contributed by atoms with Crippen LogP contribution >= 0.6 is 0 Å². The van der Waals surface area contributed by atoms with Crippen LogP contribution in [0.2, 0.25) is 0 Å². The van der Waals surface area contributed by atoms with Gasteiger partial charge in [0.15, 0.2) is 11.9 Å². The van der Waals surface area contributed by atoms with Gasteiger partial charge < -0.3 is 61.6 Å². The van der Waals surface area contributed by atoms with E-state index < -0.39 is 24.0 Å². The van der Waals surface area contributed by atoms with Crippen LogP contribution in [-0.2, 0) is 79.7 Å². The molecule has 16 nitrogen and oxygen atoms in total. The molecule has 0 N–H and O–H groups in total. The Morgan fingerprint density at radius 2 is 1.15 bits per heavy atom. The summed E-state index contributed by atoms with van der Waals surface area (Å²) >= 11 is 0. The Hall–Kier alpha value is -3.77. The van der Waals surface area contributed by atoms with Crippen molar-refractivity contribution in [1.29, 1.82) is 0 Å². The molecule has 2 aromatic carbocycles. The second-order valence-corrected chi connectivity index (χ2v) is 16.0. The second-order valence-electron chi connectivity index (χ2n) is 16.0. The Morgan fingerprint density at radius 3 is 1.55 bits per heavy atom. The molecule has 1 heterocycles. The van der Waals surface area contributed by atoms with Gasteiger partial charge >= 0.3 is 12.1 Å². The van der Waals surface area contributed by atoms with Gasteiger partial charge in [-0.2, -0.15) is 9.59 Å². The smallest absolute Gasteiger partial charge is 0.373 e. The summed E-state index contributed by atoms with van der Waals surface area (Å²) in [4.78, 5) is 28.6. The van der Waals surface area contributed by atoms with Gasteiger partial charge in [0, 0.05) is 28.4 Å². The normalized spacial score (nSPS) is 18.2. The Kier molecular flexibility index (Phi) is 32.3. The van der Waals surface area contributed by atoms with Crippen molar-refractivity contribution >= 4 is 12.1 Å². The third-order valence-corrected chi connectivity index (χ3v) is 10.2. The van der Waals surface area contributed by atoms with E-state index in [1.54, 1.807) is 63.4 Å². The third kappa shape index (κ3) is 25.1. The van der Waals surface area contributed by atoms with Crippen molar-refractivity contribution in [1.82, 2.24) is 0 Å². The molecule has 0 aliphatic carbocycles. The quantitative estimate of drug-likeness (QED) is 0.0408. The summed E-state index contributed by atoms with van der Waals surface area (Å²) in [5.41, 5.74) is 2.12. The fourth-order valence-corrected chi connectivity index (χ4v) is 6.97. The van der Waals surface area contributed by atoms with Crippen molar-refractivity contribution < 1.29 is 76.0 Å². The molecule has 0 unspecified atom stereocenters. The summed E-state index contributed by atoms with van der Waals surface area (Å²) < 4.78 is 72.7. The molecule has 0 bridgehead atoms. The first-order valence-electron chi connectivity index (χ1n) is 22.1. The lowest BCUT2D eigenvalue weighted by atomic mass is 9.93. The van der Waals surface area contributed by atoms with Gasteiger partial charge in [0.1, 0.15) is 37.3 Å². The zero-order chi connectivity index (χ0) is 48.5. The molecular weight excluding hydrogens is 845 g/mol. The van der Waals surface area contributed by atoms with Crippen molar-refractivity contribution in [2.45, 2.75) is 129 Å². The average molecular weight is 923 g/mol. The molecule has 1 aliphatic heterocycles. The van der Waals surface area contributed by atoms with Crippen LogP contribution in [0.25, 0.3) is 0 Å². The highest BCUT2D eigenvalue weighted by molar-refractivity contribution is 5.75. The van der Waals surface area contributed by atoms with Crippen molar-refractivity contribution in [2.75, 3.05) is 76.1 Å². The number of hydrogen-bond donors (Lipinski definition) is 0. The van der Waals surface area contributed by atoms with Crippen LogP contribution in [0.5, 0.6) is 11.5 Å². The lowest BCUT2D eigenvalue weighted by Crippen LogP contribution is -2.38. The van der Waals surface area contributed by atoms with Crippen molar-refractivity contribution in [3.05, 3.63) is 71.8 Å². The van der Waals surface area contributed by atoms with Crippen molar-refractivity contribution in [3.8, 4) is 11.5 Å². The summed E-state index contributed by atoms with van der Waals surface area (Å²) in [6, 6.07) is 15.6. The zero-order valence-electron chi connectivity index (χ0n) is 40.9. The van der Waals surface area contributed by atoms with E-state index in [9.17, 15) is 4.79 Å². The minimum Gasteiger partial charge on any atom is -0.497 e. The van der Waals surface area contributed by atoms with E-state index in [-0.39, 0.29) is 50.1 Å². The fraction of sp³-hybridized carbons (Fsp3) is 0.673. The first-order chi connectivity index (χ1) is 31.3. The minimum atomic E-state index is -0.845. The van der Waals surface area contributed by atoms with E-state index >= 15 is 0 Å². The molecule has 1 fully saturated rings. The van der Waals surface area contributed by atoms with E-state index in [1.165, 1.54) is 0 Å². The highest BCUT2D eigenvalue weighted by Gasteiger charge is 2.46. The SMILES string of the molecule is CC/C=C\C[C@@H](C)C[C@@H](OC)[C@@H](COCc1ccc(OC)cc1)OCOC.CCOC(=O)[C@@H]1OC(C)(C)O[C@@H]1C[C@@H](C)C[C@@H](OC)[C@@H](COCc1ccc(OC)cc1)OCOC.O=C=O. The second kappa shape index (κ2) is 35.4. The number of benzene rings is 2. The number of hydrogen-bond acceptors (Lipinski definition) is 16. The van der Waals surface area contributed by atoms with E-state index in [2.05, 4.69) is 32.9 Å². The molecule has 0 saturated carbocycles. The van der Waals surface area contributed by atoms with Crippen molar-refractivity contribution in [2.24, 2.45) is 11.8 Å². The summed E-state index contributed by atoms with van der Waals surface area (Å²) in [7, 11) is 9.88. The molecule has 0 amide bonds. The van der Waals surface area contributed by atoms with Crippen LogP contribution in [0.4, 0.5) is 0 Å². The maximum Gasteiger partial charge on any atom is 0.373 e. The molecule has 8 atom stereocenters. The van der Waals surface area contributed by atoms with E-state index in [1.807, 2.05) is 48.5 Å². The predicted molar refractivity (Wildman–Crippen MR) is 242 cm³/mol. The number of ether oxygens (including phenoxy) is 13. The molecule has 65 heavy (non-hydrogen) atoms. The zero-order valence-corrected chi connectivity index (χ0v) is 40.9. The topological polar surface area (TPSA) is 171 Å². The maximum atomic E-state index is 12.4. The van der Waals surface area contributed by atoms with E-state index in [4.69, 9.17) is 71.2 Å². The molecule has 16 heteroatoms. The Labute approximate surface area is 387 Å². The minimum absolute atomic E-state index is 0.0407. The average Bonchev–Trinajstić information content (AvgIpc) is 3.61. The molecule has 0 radical (unpaired) electrons. The summed E-state index contributed by atoms with van der Waals surface area (Å²) in [6.07, 6.45) is 7.04. The van der Waals surface area contributed by atoms with Crippen LogP contribution in [0.1, 0.15) is 84.8 Å². The van der Waals surface area contributed by atoms with Crippen LogP contribution in [-0.4, -0.2) is 131 Å². The molecule has 0 spiro atoms. The molecular formula is C49H78O16. The van der Waals surface area contributed by atoms with Gasteiger partial charge in [-0.05, 0) is 100 Å². The lowest BCUT2D eigenvalue weighted by molar-refractivity contribution is -0.191. The van der Waals surface area contributed by atoms with Gasteiger partial charge in [0.25, 0.3) is 0 Å². The summed E-state index contributed by atoms with van der Waals surface area (Å²) in [5, 5.41) is 0. The summed E-state index contributed by atoms with van der Waals surface area (Å²) in [5.74, 6) is 1.05. The van der Waals surface area contributed by atoms with Gasteiger partial charge in [-0.15, -0.1) is 0 Å². The summed E-state index contributed by atoms with van der Waals surface area (Å²) in [6.45, 7) is 14.2. The van der Waals surface area contributed by atoms with Gasteiger partial charge in [-0.3, -0.25) is 0 Å². The first-order valence-corrected chi connectivity index (χ1v) is 22.1. The van der Waals surface area contributed by atoms with Crippen LogP contribution in [0, 0.1) is 11.8 Å². The van der Waals surface area contributed by atoms with Crippen LogP contribution in [0.3, 0.4) is 0 Å². The molecule has 1 aliphatic rings. The Balaban J connectivity index is 0.000000631. The molecule has 0 aromatic heterocycles. The number of esters is 1. The standard InChI is InChI=1S/C26H42O9.C22H36O5.CO2/c1-8-32-25(27)24-22(34-26(3,4)35-24)14-18(2)13-21(30-7)23(33-17-28-5)16-31-15-19-9-11-20(29-6)12-10-19;1-6-7-8-9-18(2)14-21(25-5)22(27-17-23-3)16-26-15-19-10-12-20(24-4)13-11-19;2-1-3/h9-12,18,21-24H,8,13-17H2,1-7H3;7-8,10-13,18,21-22H,6,9,14-17H2,1-5H3;/b;8-7-;/t18-,21+,22+,23+,24+;18-,21-,22-;/m01./s1. The predicted octanol–water partition coefficient (Wildman–Crippen LogP) is 7.73. The van der Waals surface area contributed by atoms with Crippen LogP contribution < -0.4 is 9.47 Å². The Morgan fingerprint density at radius 1 is 0.692 bits per heavy atom.